The van der Waals surface area contributed by atoms with E-state index in [2.05, 4.69) is 10.2 Å². The zero-order chi connectivity index (χ0) is 23.5. The molecule has 0 N–H and O–H groups in total. The average Bonchev–Trinajstić information content (AvgIpc) is 2.84. The first-order chi connectivity index (χ1) is 15.8. The Morgan fingerprint density at radius 1 is 0.879 bits per heavy atom. The van der Waals surface area contributed by atoms with Gasteiger partial charge in [-0.3, -0.25) is 25.0 Å². The van der Waals surface area contributed by atoms with Gasteiger partial charge in [-0.15, -0.1) is 10.2 Å². The molecule has 1 amide bonds. The van der Waals surface area contributed by atoms with Crippen LogP contribution in [0, 0.1) is 27.2 Å². The molecule has 1 aromatic heterocycles. The number of anilines is 1. The molecular weight excluding hydrogens is 428 g/mol. The molecule has 11 heteroatoms. The summed E-state index contributed by atoms with van der Waals surface area (Å²) in [5, 5.41) is 30.9. The maximum absolute atomic E-state index is 12.9. The van der Waals surface area contributed by atoms with E-state index in [1.54, 1.807) is 0 Å². The Morgan fingerprint density at radius 2 is 1.52 bits per heavy atom. The second-order valence-corrected chi connectivity index (χ2v) is 7.62. The van der Waals surface area contributed by atoms with E-state index in [4.69, 9.17) is 0 Å². The zero-order valence-corrected chi connectivity index (χ0v) is 17.7. The summed E-state index contributed by atoms with van der Waals surface area (Å²) in [4.78, 5) is 37.1. The molecule has 11 nitrogen and oxygen atoms in total. The Morgan fingerprint density at radius 3 is 2.06 bits per heavy atom. The first kappa shape index (κ1) is 21.8. The van der Waals surface area contributed by atoms with Crippen LogP contribution in [0.4, 0.5) is 17.2 Å². The Balaban J connectivity index is 1.45. The number of aryl methyl sites for hydroxylation is 1. The number of aromatic nitrogens is 2. The van der Waals surface area contributed by atoms with Crippen molar-refractivity contribution in [3.05, 3.63) is 86.0 Å². The molecule has 0 spiro atoms. The van der Waals surface area contributed by atoms with E-state index in [-0.39, 0.29) is 5.56 Å². The summed E-state index contributed by atoms with van der Waals surface area (Å²) in [5.41, 5.74) is 1.83. The topological polar surface area (TPSA) is 136 Å². The van der Waals surface area contributed by atoms with E-state index in [1.165, 1.54) is 4.90 Å². The first-order valence-corrected chi connectivity index (χ1v) is 10.2. The van der Waals surface area contributed by atoms with Crippen molar-refractivity contribution in [1.29, 1.82) is 0 Å². The Labute approximate surface area is 188 Å². The lowest BCUT2D eigenvalue weighted by molar-refractivity contribution is -0.394. The lowest BCUT2D eigenvalue weighted by atomic mass is 10.1. The standard InChI is InChI=1S/C22H20N6O5/c1-15-4-2-3-5-19(15)20-6-7-21(24-23-20)25-8-10-26(11-9-25)22(29)16-12-17(27(30)31)14-18(13-16)28(32)33/h2-7,12-14H,8-11H2,1H3. The lowest BCUT2D eigenvalue weighted by Crippen LogP contribution is -2.49. The number of piperazine rings is 1. The molecule has 0 saturated carbocycles. The van der Waals surface area contributed by atoms with Gasteiger partial charge in [-0.2, -0.15) is 0 Å². The summed E-state index contributed by atoms with van der Waals surface area (Å²) in [6.07, 6.45) is 0. The number of carbonyl (C=O) groups excluding carboxylic acids is 1. The Bertz CT molecular complexity index is 1190. The van der Waals surface area contributed by atoms with Crippen LogP contribution in [-0.4, -0.2) is 57.0 Å². The minimum absolute atomic E-state index is 0.0771. The SMILES string of the molecule is Cc1ccccc1-c1ccc(N2CCN(C(=O)c3cc([N+](=O)[O-])cc([N+](=O)[O-])c3)CC2)nn1. The van der Waals surface area contributed by atoms with Gasteiger partial charge in [-0.05, 0) is 24.6 Å². The fraction of sp³-hybridized carbons (Fsp3) is 0.227. The number of hydrogen-bond donors (Lipinski definition) is 0. The van der Waals surface area contributed by atoms with E-state index in [1.807, 2.05) is 48.2 Å². The van der Waals surface area contributed by atoms with Crippen LogP contribution in [0.15, 0.2) is 54.6 Å². The van der Waals surface area contributed by atoms with Crippen molar-refractivity contribution < 1.29 is 14.6 Å². The number of hydrogen-bond acceptors (Lipinski definition) is 8. The summed E-state index contributed by atoms with van der Waals surface area (Å²) >= 11 is 0. The van der Waals surface area contributed by atoms with Crippen molar-refractivity contribution in [2.45, 2.75) is 6.92 Å². The smallest absolute Gasteiger partial charge is 0.277 e. The van der Waals surface area contributed by atoms with Gasteiger partial charge >= 0.3 is 0 Å². The molecule has 2 aromatic carbocycles. The van der Waals surface area contributed by atoms with Crippen LogP contribution in [0.1, 0.15) is 15.9 Å². The van der Waals surface area contributed by atoms with Crippen LogP contribution in [0.5, 0.6) is 0 Å². The molecule has 2 heterocycles. The van der Waals surface area contributed by atoms with E-state index < -0.39 is 27.1 Å². The van der Waals surface area contributed by atoms with Crippen molar-refractivity contribution in [2.75, 3.05) is 31.1 Å². The fourth-order valence-corrected chi connectivity index (χ4v) is 3.75. The maximum atomic E-state index is 12.9. The van der Waals surface area contributed by atoms with E-state index in [0.717, 1.165) is 35.0 Å². The van der Waals surface area contributed by atoms with Gasteiger partial charge in [0.15, 0.2) is 5.82 Å². The number of nitro groups is 2. The lowest BCUT2D eigenvalue weighted by Gasteiger charge is -2.35. The van der Waals surface area contributed by atoms with E-state index in [9.17, 15) is 25.0 Å². The average molecular weight is 448 g/mol. The third kappa shape index (κ3) is 4.61. The number of benzene rings is 2. The molecule has 0 unspecified atom stereocenters. The van der Waals surface area contributed by atoms with Crippen LogP contribution in [0.3, 0.4) is 0 Å². The van der Waals surface area contributed by atoms with E-state index in [0.29, 0.717) is 32.0 Å². The third-order valence-electron chi connectivity index (χ3n) is 5.53. The molecule has 0 aliphatic carbocycles. The summed E-state index contributed by atoms with van der Waals surface area (Å²) in [5.74, 6) is 0.202. The molecule has 3 aromatic rings. The minimum Gasteiger partial charge on any atom is -0.352 e. The number of nitro benzene ring substituents is 2. The molecule has 1 aliphatic rings. The van der Waals surface area contributed by atoms with Gasteiger partial charge in [0.25, 0.3) is 17.3 Å². The van der Waals surface area contributed by atoms with Gasteiger partial charge in [-0.25, -0.2) is 0 Å². The van der Waals surface area contributed by atoms with Gasteiger partial charge in [0, 0.05) is 43.9 Å². The second kappa shape index (κ2) is 8.99. The van der Waals surface area contributed by atoms with Crippen LogP contribution in [0.25, 0.3) is 11.3 Å². The summed E-state index contributed by atoms with van der Waals surface area (Å²) in [7, 11) is 0. The quantitative estimate of drug-likeness (QED) is 0.429. The largest absolute Gasteiger partial charge is 0.352 e. The van der Waals surface area contributed by atoms with Crippen LogP contribution in [-0.2, 0) is 0 Å². The monoisotopic (exact) mass is 448 g/mol. The van der Waals surface area contributed by atoms with Crippen molar-refractivity contribution in [1.82, 2.24) is 15.1 Å². The highest BCUT2D eigenvalue weighted by molar-refractivity contribution is 5.95. The highest BCUT2D eigenvalue weighted by atomic mass is 16.6. The molecule has 4 rings (SSSR count). The van der Waals surface area contributed by atoms with Crippen molar-refractivity contribution in [3.8, 4) is 11.3 Å². The van der Waals surface area contributed by atoms with Crippen molar-refractivity contribution >= 4 is 23.1 Å². The van der Waals surface area contributed by atoms with Crippen LogP contribution < -0.4 is 4.90 Å². The molecule has 168 valence electrons. The Hall–Kier alpha value is -4.41. The van der Waals surface area contributed by atoms with Gasteiger partial charge < -0.3 is 9.80 Å². The predicted molar refractivity (Wildman–Crippen MR) is 120 cm³/mol. The minimum atomic E-state index is -0.749. The molecule has 0 bridgehead atoms. The number of nitrogens with zero attached hydrogens (tertiary/aromatic N) is 6. The van der Waals surface area contributed by atoms with Crippen molar-refractivity contribution in [3.63, 3.8) is 0 Å². The summed E-state index contributed by atoms with van der Waals surface area (Å²) < 4.78 is 0. The van der Waals surface area contributed by atoms with Crippen molar-refractivity contribution in [2.24, 2.45) is 0 Å². The number of carbonyl (C=O) groups is 1. The zero-order valence-electron chi connectivity index (χ0n) is 17.7. The van der Waals surface area contributed by atoms with Gasteiger partial charge in [0.1, 0.15) is 0 Å². The Kier molecular flexibility index (Phi) is 5.94. The fourth-order valence-electron chi connectivity index (χ4n) is 3.75. The van der Waals surface area contributed by atoms with Gasteiger partial charge in [-0.1, -0.05) is 24.3 Å². The molecular formula is C22H20N6O5. The van der Waals surface area contributed by atoms with Gasteiger partial charge in [0.05, 0.1) is 27.2 Å². The molecule has 1 saturated heterocycles. The molecule has 0 radical (unpaired) electrons. The van der Waals surface area contributed by atoms with E-state index >= 15 is 0 Å². The first-order valence-electron chi connectivity index (χ1n) is 10.2. The molecule has 1 aliphatic heterocycles. The van der Waals surface area contributed by atoms with Crippen LogP contribution >= 0.6 is 0 Å². The normalized spacial score (nSPS) is 13.6. The molecule has 0 atom stereocenters. The molecule has 1 fully saturated rings. The van der Waals surface area contributed by atoms with Gasteiger partial charge in [0.2, 0.25) is 0 Å². The maximum Gasteiger partial charge on any atom is 0.277 e. The number of rotatable bonds is 5. The number of amides is 1. The summed E-state index contributed by atoms with van der Waals surface area (Å²) in [6, 6.07) is 14.7. The highest BCUT2D eigenvalue weighted by Gasteiger charge is 2.26. The highest BCUT2D eigenvalue weighted by Crippen LogP contribution is 2.25. The summed E-state index contributed by atoms with van der Waals surface area (Å²) in [6.45, 7) is 3.67. The van der Waals surface area contributed by atoms with Crippen LogP contribution in [0.2, 0.25) is 0 Å². The third-order valence-corrected chi connectivity index (χ3v) is 5.53. The predicted octanol–water partition coefficient (Wildman–Crippen LogP) is 3.23. The molecule has 33 heavy (non-hydrogen) atoms. The second-order valence-electron chi connectivity index (χ2n) is 7.62. The number of non-ortho nitro benzene ring substituents is 2.